The molecule has 1 aromatic rings. The molecule has 1 atom stereocenters. The molecule has 2 fully saturated rings. The van der Waals surface area contributed by atoms with E-state index in [2.05, 4.69) is 0 Å². The minimum absolute atomic E-state index is 0.0472. The van der Waals surface area contributed by atoms with Gasteiger partial charge in [0, 0.05) is 12.8 Å². The summed E-state index contributed by atoms with van der Waals surface area (Å²) in [6.45, 7) is 0.776. The van der Waals surface area contributed by atoms with Crippen LogP contribution in [0.25, 0.3) is 0 Å². The largest absolute Gasteiger partial charge is 0.504 e. The number of hydrogen-bond donors (Lipinski definition) is 1. The van der Waals surface area contributed by atoms with Crippen LogP contribution in [0, 0.1) is 0 Å². The third-order valence-electron chi connectivity index (χ3n) is 4.37. The van der Waals surface area contributed by atoms with Crippen molar-refractivity contribution >= 4 is 0 Å². The first-order valence-electron chi connectivity index (χ1n) is 7.36. The summed E-state index contributed by atoms with van der Waals surface area (Å²) in [5.41, 5.74) is 0.0472. The highest BCUT2D eigenvalue weighted by molar-refractivity contribution is 5.38. The zero-order valence-corrected chi connectivity index (χ0v) is 11.3. The summed E-state index contributed by atoms with van der Waals surface area (Å²) < 4.78 is 12.0. The summed E-state index contributed by atoms with van der Waals surface area (Å²) >= 11 is 0. The number of para-hydroxylation sites is 2. The van der Waals surface area contributed by atoms with E-state index < -0.39 is 0 Å². The molecule has 0 bridgehead atoms. The fourth-order valence-electron chi connectivity index (χ4n) is 3.36. The lowest BCUT2D eigenvalue weighted by Crippen LogP contribution is -2.45. The summed E-state index contributed by atoms with van der Waals surface area (Å²) in [6, 6.07) is 7.21. The van der Waals surface area contributed by atoms with Gasteiger partial charge in [-0.15, -0.1) is 0 Å². The molecule has 0 amide bonds. The van der Waals surface area contributed by atoms with Crippen LogP contribution in [0.1, 0.15) is 44.9 Å². The van der Waals surface area contributed by atoms with Gasteiger partial charge in [0.2, 0.25) is 0 Å². The van der Waals surface area contributed by atoms with Crippen molar-refractivity contribution in [1.29, 1.82) is 0 Å². The quantitative estimate of drug-likeness (QED) is 0.884. The summed E-state index contributed by atoms with van der Waals surface area (Å²) in [5.74, 6) is 0.826. The van der Waals surface area contributed by atoms with Gasteiger partial charge >= 0.3 is 0 Å². The molecule has 0 radical (unpaired) electrons. The van der Waals surface area contributed by atoms with Crippen molar-refractivity contribution in [2.45, 2.75) is 56.7 Å². The van der Waals surface area contributed by atoms with Crippen LogP contribution in [-0.4, -0.2) is 23.4 Å². The first kappa shape index (κ1) is 12.8. The molecule has 3 nitrogen and oxygen atoms in total. The van der Waals surface area contributed by atoms with E-state index in [4.69, 9.17) is 9.47 Å². The van der Waals surface area contributed by atoms with E-state index in [-0.39, 0.29) is 17.5 Å². The van der Waals surface area contributed by atoms with E-state index >= 15 is 0 Å². The molecule has 1 aliphatic carbocycles. The van der Waals surface area contributed by atoms with Gasteiger partial charge in [-0.3, -0.25) is 0 Å². The predicted octanol–water partition coefficient (Wildman–Crippen LogP) is 3.65. The Labute approximate surface area is 114 Å². The molecule has 1 unspecified atom stereocenters. The van der Waals surface area contributed by atoms with Crippen LogP contribution in [0.3, 0.4) is 0 Å². The third-order valence-corrected chi connectivity index (χ3v) is 4.37. The Morgan fingerprint density at radius 3 is 2.74 bits per heavy atom. The molecule has 1 saturated carbocycles. The Morgan fingerprint density at radius 1 is 1.16 bits per heavy atom. The fourth-order valence-corrected chi connectivity index (χ4v) is 3.36. The van der Waals surface area contributed by atoms with Crippen molar-refractivity contribution in [2.75, 3.05) is 6.61 Å². The highest BCUT2D eigenvalue weighted by Crippen LogP contribution is 2.40. The molecule has 1 aliphatic heterocycles. The summed E-state index contributed by atoms with van der Waals surface area (Å²) in [6.07, 6.45) is 8.22. The van der Waals surface area contributed by atoms with Crippen molar-refractivity contribution in [3.8, 4) is 11.5 Å². The Hall–Kier alpha value is -1.22. The van der Waals surface area contributed by atoms with E-state index in [1.807, 2.05) is 18.2 Å². The second-order valence-electron chi connectivity index (χ2n) is 5.79. The molecule has 19 heavy (non-hydrogen) atoms. The molecule has 3 rings (SSSR count). The van der Waals surface area contributed by atoms with Crippen molar-refractivity contribution in [1.82, 2.24) is 0 Å². The Bertz CT molecular complexity index is 418. The van der Waals surface area contributed by atoms with Gasteiger partial charge in [0.05, 0.1) is 12.2 Å². The highest BCUT2D eigenvalue weighted by Gasteiger charge is 2.39. The maximum absolute atomic E-state index is 9.79. The van der Waals surface area contributed by atoms with Gasteiger partial charge in [-0.2, -0.15) is 0 Å². The van der Waals surface area contributed by atoms with Crippen LogP contribution in [0.5, 0.6) is 11.5 Å². The first-order valence-corrected chi connectivity index (χ1v) is 7.36. The van der Waals surface area contributed by atoms with E-state index in [1.165, 1.54) is 19.3 Å². The summed E-state index contributed by atoms with van der Waals surface area (Å²) in [7, 11) is 0. The number of benzene rings is 1. The number of rotatable bonds is 2. The van der Waals surface area contributed by atoms with Crippen LogP contribution < -0.4 is 4.74 Å². The average Bonchev–Trinajstić information content (AvgIpc) is 2.42. The second kappa shape index (κ2) is 5.41. The Kier molecular flexibility index (Phi) is 3.65. The molecular weight excluding hydrogens is 240 g/mol. The van der Waals surface area contributed by atoms with Gasteiger partial charge in [-0.1, -0.05) is 31.4 Å². The molecule has 104 valence electrons. The van der Waals surface area contributed by atoms with Crippen LogP contribution in [0.4, 0.5) is 0 Å². The maximum atomic E-state index is 9.79. The molecule has 3 heteroatoms. The van der Waals surface area contributed by atoms with Crippen molar-refractivity contribution in [2.24, 2.45) is 0 Å². The van der Waals surface area contributed by atoms with Gasteiger partial charge in [-0.05, 0) is 25.0 Å². The highest BCUT2D eigenvalue weighted by atomic mass is 16.5. The van der Waals surface area contributed by atoms with Crippen LogP contribution in [0.2, 0.25) is 0 Å². The van der Waals surface area contributed by atoms with Crippen molar-refractivity contribution in [3.63, 3.8) is 0 Å². The summed E-state index contributed by atoms with van der Waals surface area (Å²) in [5, 5.41) is 9.79. The zero-order chi connectivity index (χ0) is 13.1. The monoisotopic (exact) mass is 262 g/mol. The minimum atomic E-state index is 0.0472. The van der Waals surface area contributed by atoms with E-state index in [0.717, 1.165) is 32.3 Å². The lowest BCUT2D eigenvalue weighted by molar-refractivity contribution is -0.129. The SMILES string of the molecule is Oc1ccccc1OC1CCOC2(CCCCC2)C1. The first-order chi connectivity index (χ1) is 9.27. The van der Waals surface area contributed by atoms with E-state index in [0.29, 0.717) is 5.75 Å². The van der Waals surface area contributed by atoms with E-state index in [1.54, 1.807) is 6.07 Å². The normalized spacial score (nSPS) is 26.2. The van der Waals surface area contributed by atoms with Gasteiger partial charge in [0.25, 0.3) is 0 Å². The second-order valence-corrected chi connectivity index (χ2v) is 5.79. The van der Waals surface area contributed by atoms with Gasteiger partial charge in [0.1, 0.15) is 6.10 Å². The third kappa shape index (κ3) is 2.86. The topological polar surface area (TPSA) is 38.7 Å². The number of ether oxygens (including phenoxy) is 2. The lowest BCUT2D eigenvalue weighted by atomic mass is 9.79. The van der Waals surface area contributed by atoms with Crippen LogP contribution in [0.15, 0.2) is 24.3 Å². The average molecular weight is 262 g/mol. The molecule has 1 heterocycles. The van der Waals surface area contributed by atoms with Crippen LogP contribution in [-0.2, 0) is 4.74 Å². The standard InChI is InChI=1S/C16H22O3/c17-14-6-2-3-7-15(14)19-13-8-11-18-16(12-13)9-4-1-5-10-16/h2-3,6-7,13,17H,1,4-5,8-12H2. The molecule has 1 aromatic carbocycles. The van der Waals surface area contributed by atoms with Crippen molar-refractivity contribution in [3.05, 3.63) is 24.3 Å². The van der Waals surface area contributed by atoms with Gasteiger partial charge in [-0.25, -0.2) is 0 Å². The lowest BCUT2D eigenvalue weighted by Gasteiger charge is -2.43. The Balaban J connectivity index is 1.67. The maximum Gasteiger partial charge on any atom is 0.161 e. The minimum Gasteiger partial charge on any atom is -0.504 e. The zero-order valence-electron chi connectivity index (χ0n) is 11.3. The predicted molar refractivity (Wildman–Crippen MR) is 73.5 cm³/mol. The number of phenols is 1. The molecule has 1 N–H and O–H groups in total. The smallest absolute Gasteiger partial charge is 0.161 e. The van der Waals surface area contributed by atoms with Gasteiger partial charge < -0.3 is 14.6 Å². The summed E-state index contributed by atoms with van der Waals surface area (Å²) in [4.78, 5) is 0. The Morgan fingerprint density at radius 2 is 1.95 bits per heavy atom. The molecule has 2 aliphatic rings. The fraction of sp³-hybridized carbons (Fsp3) is 0.625. The molecule has 0 aromatic heterocycles. The molecule has 1 saturated heterocycles. The van der Waals surface area contributed by atoms with E-state index in [9.17, 15) is 5.11 Å². The van der Waals surface area contributed by atoms with Gasteiger partial charge in [0.15, 0.2) is 11.5 Å². The van der Waals surface area contributed by atoms with Crippen LogP contribution >= 0.6 is 0 Å². The molecular formula is C16H22O3. The van der Waals surface area contributed by atoms with Crippen molar-refractivity contribution < 1.29 is 14.6 Å². The number of phenolic OH excluding ortho intramolecular Hbond substituents is 1. The number of hydrogen-bond acceptors (Lipinski definition) is 3. The number of aromatic hydroxyl groups is 1. The molecule has 1 spiro atoms.